The van der Waals surface area contributed by atoms with Crippen LogP contribution < -0.4 is 15.4 Å². The highest BCUT2D eigenvalue weighted by atomic mass is 35.5. The summed E-state index contributed by atoms with van der Waals surface area (Å²) < 4.78 is 5.40. The van der Waals surface area contributed by atoms with Crippen LogP contribution in [0.2, 0.25) is 0 Å². The van der Waals surface area contributed by atoms with Crippen LogP contribution >= 0.6 is 12.4 Å². The second kappa shape index (κ2) is 7.66. The normalized spacial score (nSPS) is 18.5. The lowest BCUT2D eigenvalue weighted by Gasteiger charge is -2.31. The lowest BCUT2D eigenvalue weighted by atomic mass is 9.91. The number of halogens is 1. The van der Waals surface area contributed by atoms with Gasteiger partial charge in [0.05, 0.1) is 18.6 Å². The largest absolute Gasteiger partial charge is 0.496 e. The smallest absolute Gasteiger partial charge is 0.225 e. The number of carbonyl (C=O) groups is 1. The first-order valence-electron chi connectivity index (χ1n) is 7.21. The molecule has 2 N–H and O–H groups in total. The molecule has 21 heavy (non-hydrogen) atoms. The quantitative estimate of drug-likeness (QED) is 0.898. The monoisotopic (exact) mass is 312 g/mol. The van der Waals surface area contributed by atoms with Gasteiger partial charge in [-0.25, -0.2) is 0 Å². The van der Waals surface area contributed by atoms with Gasteiger partial charge in [0.15, 0.2) is 0 Å². The first kappa shape index (κ1) is 17.8. The number of methoxy groups -OCH3 is 1. The van der Waals surface area contributed by atoms with Crippen LogP contribution in [0.15, 0.2) is 24.3 Å². The summed E-state index contributed by atoms with van der Waals surface area (Å²) in [4.78, 5) is 12.4. The molecule has 1 unspecified atom stereocenters. The standard InChI is InChI=1S/C16H24N2O2.ClH/c1-16(2,13-8-4-5-9-14(13)20-3)18-15(19)12-7-6-10-17-11-12;/h4-5,8-9,12,17H,6-7,10-11H2,1-3H3,(H,18,19);1H. The van der Waals surface area contributed by atoms with Crippen molar-refractivity contribution in [2.45, 2.75) is 32.2 Å². The minimum atomic E-state index is -0.443. The Balaban J connectivity index is 0.00000220. The second-order valence-corrected chi connectivity index (χ2v) is 5.86. The molecule has 1 heterocycles. The summed E-state index contributed by atoms with van der Waals surface area (Å²) >= 11 is 0. The summed E-state index contributed by atoms with van der Waals surface area (Å²) in [6.45, 7) is 5.81. The number of ether oxygens (including phenoxy) is 1. The van der Waals surface area contributed by atoms with Crippen LogP contribution in [0, 0.1) is 5.92 Å². The lowest BCUT2D eigenvalue weighted by molar-refractivity contribution is -0.127. The van der Waals surface area contributed by atoms with Gasteiger partial charge in [-0.2, -0.15) is 0 Å². The molecular formula is C16H25ClN2O2. The summed E-state index contributed by atoms with van der Waals surface area (Å²) in [6, 6.07) is 7.82. The van der Waals surface area contributed by atoms with E-state index >= 15 is 0 Å². The molecule has 1 aliphatic rings. The zero-order valence-electron chi connectivity index (χ0n) is 12.9. The third-order valence-electron chi connectivity index (χ3n) is 3.88. The van der Waals surface area contributed by atoms with Crippen molar-refractivity contribution in [1.29, 1.82) is 0 Å². The molecule has 1 amide bonds. The van der Waals surface area contributed by atoms with E-state index in [-0.39, 0.29) is 24.2 Å². The van der Waals surface area contributed by atoms with Gasteiger partial charge in [0.2, 0.25) is 5.91 Å². The Labute approximate surface area is 133 Å². The highest BCUT2D eigenvalue weighted by Gasteiger charge is 2.29. The molecule has 0 aliphatic carbocycles. The van der Waals surface area contributed by atoms with E-state index in [4.69, 9.17) is 4.74 Å². The molecule has 0 radical (unpaired) electrons. The zero-order valence-corrected chi connectivity index (χ0v) is 13.8. The molecule has 2 rings (SSSR count). The summed E-state index contributed by atoms with van der Waals surface area (Å²) in [6.07, 6.45) is 2.02. The third kappa shape index (κ3) is 4.35. The number of piperidine rings is 1. The highest BCUT2D eigenvalue weighted by Crippen LogP contribution is 2.29. The van der Waals surface area contributed by atoms with Crippen molar-refractivity contribution in [3.8, 4) is 5.75 Å². The van der Waals surface area contributed by atoms with E-state index in [1.54, 1.807) is 7.11 Å². The van der Waals surface area contributed by atoms with Crippen LogP contribution in [0.3, 0.4) is 0 Å². The Bertz CT molecular complexity index is 471. The Morgan fingerprint density at radius 3 is 2.71 bits per heavy atom. The molecule has 0 saturated carbocycles. The topological polar surface area (TPSA) is 50.4 Å². The number of carbonyl (C=O) groups excluding carboxylic acids is 1. The molecular weight excluding hydrogens is 288 g/mol. The molecule has 1 aromatic carbocycles. The molecule has 1 aromatic rings. The van der Waals surface area contributed by atoms with E-state index in [9.17, 15) is 4.79 Å². The minimum Gasteiger partial charge on any atom is -0.496 e. The molecule has 1 saturated heterocycles. The summed E-state index contributed by atoms with van der Waals surface area (Å²) in [5, 5.41) is 6.44. The van der Waals surface area contributed by atoms with Crippen molar-refractivity contribution in [3.63, 3.8) is 0 Å². The molecule has 5 heteroatoms. The van der Waals surface area contributed by atoms with Gasteiger partial charge in [0, 0.05) is 12.1 Å². The van der Waals surface area contributed by atoms with Crippen molar-refractivity contribution in [1.82, 2.24) is 10.6 Å². The van der Waals surface area contributed by atoms with E-state index in [0.717, 1.165) is 37.2 Å². The molecule has 1 atom stereocenters. The van der Waals surface area contributed by atoms with Gasteiger partial charge in [-0.1, -0.05) is 18.2 Å². The van der Waals surface area contributed by atoms with E-state index in [1.165, 1.54) is 0 Å². The van der Waals surface area contributed by atoms with Crippen LogP contribution in [0.5, 0.6) is 5.75 Å². The Kier molecular flexibility index (Phi) is 6.49. The molecule has 0 spiro atoms. The first-order valence-corrected chi connectivity index (χ1v) is 7.21. The minimum absolute atomic E-state index is 0. The highest BCUT2D eigenvalue weighted by molar-refractivity contribution is 5.85. The number of hydrogen-bond donors (Lipinski definition) is 2. The van der Waals surface area contributed by atoms with Gasteiger partial charge in [-0.3, -0.25) is 4.79 Å². The van der Waals surface area contributed by atoms with Gasteiger partial charge in [-0.05, 0) is 39.3 Å². The Morgan fingerprint density at radius 2 is 2.10 bits per heavy atom. The number of nitrogens with one attached hydrogen (secondary N) is 2. The SMILES string of the molecule is COc1ccccc1C(C)(C)NC(=O)C1CCCNC1.Cl. The molecule has 0 aromatic heterocycles. The number of rotatable bonds is 4. The predicted octanol–water partition coefficient (Wildman–Crippen LogP) is 2.47. The van der Waals surface area contributed by atoms with E-state index in [0.29, 0.717) is 0 Å². The molecule has 1 aliphatic heterocycles. The number of para-hydroxylation sites is 1. The lowest BCUT2D eigenvalue weighted by Crippen LogP contribution is -2.47. The van der Waals surface area contributed by atoms with Crippen LogP contribution in [0.25, 0.3) is 0 Å². The second-order valence-electron chi connectivity index (χ2n) is 5.86. The fraction of sp³-hybridized carbons (Fsp3) is 0.562. The van der Waals surface area contributed by atoms with Crippen molar-refractivity contribution in [2.24, 2.45) is 5.92 Å². The fourth-order valence-electron chi connectivity index (χ4n) is 2.71. The van der Waals surface area contributed by atoms with Gasteiger partial charge < -0.3 is 15.4 Å². The van der Waals surface area contributed by atoms with Crippen molar-refractivity contribution in [2.75, 3.05) is 20.2 Å². The van der Waals surface area contributed by atoms with Crippen LogP contribution in [0.4, 0.5) is 0 Å². The molecule has 0 bridgehead atoms. The van der Waals surface area contributed by atoms with Crippen LogP contribution in [0.1, 0.15) is 32.3 Å². The molecule has 118 valence electrons. The first-order chi connectivity index (χ1) is 9.54. The summed E-state index contributed by atoms with van der Waals surface area (Å²) in [5.74, 6) is 0.991. The van der Waals surface area contributed by atoms with Crippen LogP contribution in [-0.4, -0.2) is 26.1 Å². The maximum atomic E-state index is 12.4. The van der Waals surface area contributed by atoms with Gasteiger partial charge in [-0.15, -0.1) is 12.4 Å². The summed E-state index contributed by atoms with van der Waals surface area (Å²) in [7, 11) is 1.65. The van der Waals surface area contributed by atoms with E-state index in [2.05, 4.69) is 10.6 Å². The number of benzene rings is 1. The summed E-state index contributed by atoms with van der Waals surface area (Å²) in [5.41, 5.74) is 0.556. The zero-order chi connectivity index (χ0) is 14.6. The molecule has 1 fully saturated rings. The third-order valence-corrected chi connectivity index (χ3v) is 3.88. The Hall–Kier alpha value is -1.26. The van der Waals surface area contributed by atoms with Crippen molar-refractivity contribution >= 4 is 18.3 Å². The molecule has 4 nitrogen and oxygen atoms in total. The van der Waals surface area contributed by atoms with E-state index < -0.39 is 5.54 Å². The van der Waals surface area contributed by atoms with Gasteiger partial charge in [0.25, 0.3) is 0 Å². The maximum absolute atomic E-state index is 12.4. The average Bonchev–Trinajstić information content (AvgIpc) is 2.47. The van der Waals surface area contributed by atoms with Gasteiger partial charge >= 0.3 is 0 Å². The Morgan fingerprint density at radius 1 is 1.38 bits per heavy atom. The average molecular weight is 313 g/mol. The predicted molar refractivity (Wildman–Crippen MR) is 87.0 cm³/mol. The van der Waals surface area contributed by atoms with E-state index in [1.807, 2.05) is 38.1 Å². The van der Waals surface area contributed by atoms with Crippen molar-refractivity contribution < 1.29 is 9.53 Å². The van der Waals surface area contributed by atoms with Crippen molar-refractivity contribution in [3.05, 3.63) is 29.8 Å². The number of amides is 1. The maximum Gasteiger partial charge on any atom is 0.225 e. The van der Waals surface area contributed by atoms with Crippen LogP contribution in [-0.2, 0) is 10.3 Å². The number of hydrogen-bond acceptors (Lipinski definition) is 3. The van der Waals surface area contributed by atoms with Gasteiger partial charge in [0.1, 0.15) is 5.75 Å². The fourth-order valence-corrected chi connectivity index (χ4v) is 2.71.